The second kappa shape index (κ2) is 8.20. The molecule has 0 spiro atoms. The molecule has 1 aliphatic heterocycles. The SMILES string of the molecule is CCC1(CC(=O)OC)OCCc2c1[nH]c1c(CC(O)C[Si](C)(C)C)c(F)ccc21. The Hall–Kier alpha value is -1.70. The van der Waals surface area contributed by atoms with Crippen LogP contribution in [0.2, 0.25) is 25.7 Å². The van der Waals surface area contributed by atoms with Gasteiger partial charge in [0.15, 0.2) is 0 Å². The zero-order chi connectivity index (χ0) is 21.4. The zero-order valence-corrected chi connectivity index (χ0v) is 19.0. The standard InChI is InChI=1S/C22H32FNO4Si/c1-6-22(12-19(26)27-2)21-16(9-10-28-22)15-7-8-18(23)17(20(15)24-21)11-14(25)13-29(3,4)5/h7-8,14,24-25H,6,9-13H2,1-5H3. The lowest BCUT2D eigenvalue weighted by Crippen LogP contribution is -2.37. The number of carbonyl (C=O) groups excluding carboxylic acids is 1. The maximum Gasteiger partial charge on any atom is 0.308 e. The van der Waals surface area contributed by atoms with Gasteiger partial charge in [-0.3, -0.25) is 4.79 Å². The summed E-state index contributed by atoms with van der Waals surface area (Å²) >= 11 is 0. The summed E-state index contributed by atoms with van der Waals surface area (Å²) < 4.78 is 25.8. The highest BCUT2D eigenvalue weighted by atomic mass is 28.3. The Labute approximate surface area is 172 Å². The number of benzene rings is 1. The number of nitrogens with one attached hydrogen (secondary N) is 1. The molecule has 0 aliphatic carbocycles. The minimum Gasteiger partial charge on any atom is -0.469 e. The summed E-state index contributed by atoms with van der Waals surface area (Å²) in [5.74, 6) is -0.656. The number of aliphatic hydroxyl groups is 1. The van der Waals surface area contributed by atoms with Crippen LogP contribution in [0.15, 0.2) is 12.1 Å². The van der Waals surface area contributed by atoms with Crippen molar-refractivity contribution in [3.8, 4) is 0 Å². The fourth-order valence-electron chi connectivity index (χ4n) is 4.48. The first kappa shape index (κ1) is 22.0. The van der Waals surface area contributed by atoms with Crippen molar-refractivity contribution in [3.05, 3.63) is 34.8 Å². The monoisotopic (exact) mass is 421 g/mol. The van der Waals surface area contributed by atoms with Crippen molar-refractivity contribution in [2.45, 2.75) is 70.0 Å². The Kier molecular flexibility index (Phi) is 6.22. The third kappa shape index (κ3) is 4.42. The van der Waals surface area contributed by atoms with E-state index in [2.05, 4.69) is 24.6 Å². The number of aromatic amines is 1. The van der Waals surface area contributed by atoms with Crippen molar-refractivity contribution >= 4 is 24.9 Å². The highest BCUT2D eigenvalue weighted by Crippen LogP contribution is 2.42. The fourth-order valence-corrected chi connectivity index (χ4v) is 6.04. The maximum absolute atomic E-state index is 14.8. The second-order valence-corrected chi connectivity index (χ2v) is 14.8. The second-order valence-electron chi connectivity index (χ2n) is 9.25. The van der Waals surface area contributed by atoms with Crippen LogP contribution in [0, 0.1) is 5.82 Å². The molecular formula is C22H32FNO4Si. The molecule has 1 aromatic heterocycles. The zero-order valence-electron chi connectivity index (χ0n) is 18.0. The Bertz CT molecular complexity index is 904. The molecule has 0 bridgehead atoms. The molecule has 29 heavy (non-hydrogen) atoms. The smallest absolute Gasteiger partial charge is 0.308 e. The minimum absolute atomic E-state index is 0.107. The molecular weight excluding hydrogens is 389 g/mol. The first-order valence-electron chi connectivity index (χ1n) is 10.3. The lowest BCUT2D eigenvalue weighted by molar-refractivity contribution is -0.152. The fraction of sp³-hybridized carbons (Fsp3) is 0.591. The molecule has 0 saturated heterocycles. The number of rotatable bonds is 7. The van der Waals surface area contributed by atoms with E-state index in [1.807, 2.05) is 6.92 Å². The summed E-state index contributed by atoms with van der Waals surface area (Å²) in [6.07, 6.45) is 1.09. The number of esters is 1. The highest BCUT2D eigenvalue weighted by molar-refractivity contribution is 6.76. The van der Waals surface area contributed by atoms with Gasteiger partial charge in [-0.05, 0) is 36.6 Å². The van der Waals surface area contributed by atoms with Crippen LogP contribution < -0.4 is 0 Å². The van der Waals surface area contributed by atoms with Crippen LogP contribution in [-0.2, 0) is 32.7 Å². The predicted molar refractivity (Wildman–Crippen MR) is 114 cm³/mol. The van der Waals surface area contributed by atoms with E-state index >= 15 is 0 Å². The summed E-state index contributed by atoms with van der Waals surface area (Å²) in [4.78, 5) is 15.5. The lowest BCUT2D eigenvalue weighted by Gasteiger charge is -2.35. The van der Waals surface area contributed by atoms with Gasteiger partial charge in [0, 0.05) is 25.4 Å². The van der Waals surface area contributed by atoms with E-state index in [4.69, 9.17) is 9.47 Å². The number of methoxy groups -OCH3 is 1. The van der Waals surface area contributed by atoms with Gasteiger partial charge in [0.25, 0.3) is 0 Å². The summed E-state index contributed by atoms with van der Waals surface area (Å²) in [6, 6.07) is 3.99. The summed E-state index contributed by atoms with van der Waals surface area (Å²) in [6.45, 7) is 9.05. The molecule has 2 unspecified atom stereocenters. The van der Waals surface area contributed by atoms with Crippen LogP contribution in [0.5, 0.6) is 0 Å². The molecule has 0 saturated carbocycles. The number of aliphatic hydroxyl groups excluding tert-OH is 1. The van der Waals surface area contributed by atoms with E-state index in [0.717, 1.165) is 16.6 Å². The van der Waals surface area contributed by atoms with Gasteiger partial charge in [-0.1, -0.05) is 26.6 Å². The third-order valence-corrected chi connectivity index (χ3v) is 7.53. The van der Waals surface area contributed by atoms with E-state index in [0.29, 0.717) is 36.6 Å². The van der Waals surface area contributed by atoms with Crippen LogP contribution in [-0.4, -0.2) is 44.0 Å². The predicted octanol–water partition coefficient (Wildman–Crippen LogP) is 4.29. The van der Waals surface area contributed by atoms with Gasteiger partial charge in [-0.2, -0.15) is 0 Å². The van der Waals surface area contributed by atoms with Gasteiger partial charge < -0.3 is 19.6 Å². The molecule has 2 atom stereocenters. The number of hydrogen-bond donors (Lipinski definition) is 2. The average Bonchev–Trinajstić information content (AvgIpc) is 3.02. The van der Waals surface area contributed by atoms with E-state index in [9.17, 15) is 14.3 Å². The molecule has 0 fully saturated rings. The van der Waals surface area contributed by atoms with Crippen LogP contribution in [0.4, 0.5) is 4.39 Å². The van der Waals surface area contributed by atoms with Crippen molar-refractivity contribution in [1.82, 2.24) is 4.98 Å². The highest BCUT2D eigenvalue weighted by Gasteiger charge is 2.41. The third-order valence-electron chi connectivity index (χ3n) is 5.84. The van der Waals surface area contributed by atoms with Crippen molar-refractivity contribution in [3.63, 3.8) is 0 Å². The molecule has 7 heteroatoms. The first-order chi connectivity index (χ1) is 13.6. The number of aromatic nitrogens is 1. The lowest BCUT2D eigenvalue weighted by atomic mass is 9.86. The average molecular weight is 422 g/mol. The van der Waals surface area contributed by atoms with Gasteiger partial charge in [-0.15, -0.1) is 0 Å². The number of hydrogen-bond acceptors (Lipinski definition) is 4. The molecule has 2 aromatic rings. The van der Waals surface area contributed by atoms with E-state index in [1.165, 1.54) is 13.2 Å². The van der Waals surface area contributed by atoms with Crippen molar-refractivity contribution in [2.75, 3.05) is 13.7 Å². The Morgan fingerprint density at radius 3 is 2.76 bits per heavy atom. The molecule has 2 heterocycles. The van der Waals surface area contributed by atoms with Crippen LogP contribution >= 0.6 is 0 Å². The van der Waals surface area contributed by atoms with E-state index < -0.39 is 19.8 Å². The van der Waals surface area contributed by atoms with Crippen LogP contribution in [0.1, 0.15) is 36.6 Å². The minimum atomic E-state index is -1.47. The van der Waals surface area contributed by atoms with Crippen LogP contribution in [0.3, 0.4) is 0 Å². The number of fused-ring (bicyclic) bond motifs is 3. The van der Waals surface area contributed by atoms with Gasteiger partial charge in [0.2, 0.25) is 0 Å². The van der Waals surface area contributed by atoms with Gasteiger partial charge in [0.1, 0.15) is 11.4 Å². The Balaban J connectivity index is 2.08. The number of carbonyl (C=O) groups is 1. The molecule has 5 nitrogen and oxygen atoms in total. The first-order valence-corrected chi connectivity index (χ1v) is 14.0. The largest absolute Gasteiger partial charge is 0.469 e. The topological polar surface area (TPSA) is 71.5 Å². The molecule has 0 amide bonds. The van der Waals surface area contributed by atoms with Crippen LogP contribution in [0.25, 0.3) is 10.9 Å². The Morgan fingerprint density at radius 2 is 2.14 bits per heavy atom. The van der Waals surface area contributed by atoms with Crippen molar-refractivity contribution in [1.29, 1.82) is 0 Å². The van der Waals surface area contributed by atoms with Gasteiger partial charge in [0.05, 0.1) is 37.5 Å². The molecule has 2 N–H and O–H groups in total. The molecule has 160 valence electrons. The number of ether oxygens (including phenoxy) is 2. The number of H-pyrrole nitrogens is 1. The normalized spacial score (nSPS) is 20.5. The van der Waals surface area contributed by atoms with Crippen molar-refractivity contribution in [2.24, 2.45) is 0 Å². The Morgan fingerprint density at radius 1 is 1.41 bits per heavy atom. The van der Waals surface area contributed by atoms with Gasteiger partial charge >= 0.3 is 5.97 Å². The van der Waals surface area contributed by atoms with E-state index in [-0.39, 0.29) is 24.6 Å². The maximum atomic E-state index is 14.8. The summed E-state index contributed by atoms with van der Waals surface area (Å²) in [5.41, 5.74) is 2.31. The molecule has 0 radical (unpaired) electrons. The molecule has 1 aliphatic rings. The van der Waals surface area contributed by atoms with E-state index in [1.54, 1.807) is 6.07 Å². The summed E-state index contributed by atoms with van der Waals surface area (Å²) in [7, 11) is -0.105. The molecule has 3 rings (SSSR count). The van der Waals surface area contributed by atoms with Gasteiger partial charge in [-0.25, -0.2) is 4.39 Å². The summed E-state index contributed by atoms with van der Waals surface area (Å²) in [5, 5.41) is 11.5. The quantitative estimate of drug-likeness (QED) is 0.517. The van der Waals surface area contributed by atoms with Crippen molar-refractivity contribution < 1.29 is 23.8 Å². The molecule has 1 aromatic carbocycles. The number of halogens is 1.